The van der Waals surface area contributed by atoms with Crippen molar-refractivity contribution in [2.24, 2.45) is 5.92 Å². The number of allylic oxidation sites excluding steroid dienone is 1. The van der Waals surface area contributed by atoms with E-state index in [1.165, 1.54) is 25.2 Å². The fourth-order valence-electron chi connectivity index (χ4n) is 7.52. The lowest BCUT2D eigenvalue weighted by Crippen LogP contribution is -2.56. The number of methoxy groups -OCH3 is 2. The summed E-state index contributed by atoms with van der Waals surface area (Å²) in [5.74, 6) is -1.57. The van der Waals surface area contributed by atoms with Crippen LogP contribution in [0.3, 0.4) is 0 Å². The van der Waals surface area contributed by atoms with Gasteiger partial charge in [-0.1, -0.05) is 25.0 Å². The van der Waals surface area contributed by atoms with Gasteiger partial charge in [-0.15, -0.1) is 0 Å². The van der Waals surface area contributed by atoms with Crippen LogP contribution >= 0.6 is 0 Å². The molecule has 1 aromatic heterocycles. The number of hydrogen-bond donors (Lipinski definition) is 2. The van der Waals surface area contributed by atoms with Crippen molar-refractivity contribution in [1.29, 1.82) is 0 Å². The molecule has 2 aliphatic heterocycles. The summed E-state index contributed by atoms with van der Waals surface area (Å²) in [4.78, 5) is 73.6. The number of ether oxygens (including phenoxy) is 5. The normalized spacial score (nSPS) is 27.2. The Hall–Kier alpha value is -4.88. The molecule has 6 rings (SSSR count). The van der Waals surface area contributed by atoms with Gasteiger partial charge in [0.25, 0.3) is 0 Å². The number of fused-ring (bicyclic) bond motifs is 3. The number of amides is 3. The molecule has 52 heavy (non-hydrogen) atoms. The van der Waals surface area contributed by atoms with Crippen molar-refractivity contribution in [3.05, 3.63) is 42.1 Å². The first-order chi connectivity index (χ1) is 25.1. The first-order valence-corrected chi connectivity index (χ1v) is 18.3. The number of pyridine rings is 1. The Labute approximate surface area is 302 Å². The van der Waals surface area contributed by atoms with E-state index in [1.54, 1.807) is 25.1 Å². The van der Waals surface area contributed by atoms with E-state index in [0.29, 0.717) is 41.7 Å². The Bertz CT molecular complexity index is 1710. The summed E-state index contributed by atoms with van der Waals surface area (Å²) in [7, 11) is 2.77. The monoisotopic (exact) mass is 720 g/mol. The van der Waals surface area contributed by atoms with Crippen molar-refractivity contribution in [3.8, 4) is 11.5 Å². The molecule has 0 spiro atoms. The number of carbonyl (C=O) groups excluding carboxylic acids is 5. The van der Waals surface area contributed by atoms with Gasteiger partial charge in [0.15, 0.2) is 5.69 Å². The largest absolute Gasteiger partial charge is 0.497 e. The zero-order valence-electron chi connectivity index (χ0n) is 30.0. The van der Waals surface area contributed by atoms with Crippen LogP contribution in [-0.2, 0) is 28.6 Å². The lowest BCUT2D eigenvalue weighted by Gasteiger charge is -2.29. The number of aromatic nitrogens is 1. The first-order valence-electron chi connectivity index (χ1n) is 18.3. The number of nitrogens with one attached hydrogen (secondary N) is 2. The van der Waals surface area contributed by atoms with Gasteiger partial charge in [0.2, 0.25) is 11.8 Å². The molecule has 2 saturated carbocycles. The van der Waals surface area contributed by atoms with Crippen LogP contribution in [0.2, 0.25) is 0 Å². The Kier molecular flexibility index (Phi) is 11.5. The molecule has 2 aliphatic carbocycles. The van der Waals surface area contributed by atoms with Gasteiger partial charge in [0.1, 0.15) is 41.3 Å². The van der Waals surface area contributed by atoms with Gasteiger partial charge >= 0.3 is 18.0 Å². The molecule has 3 fully saturated rings. The van der Waals surface area contributed by atoms with Crippen LogP contribution in [0.5, 0.6) is 11.5 Å². The molecule has 2 N–H and O–H groups in total. The minimum Gasteiger partial charge on any atom is -0.497 e. The molecule has 4 aliphatic rings. The second kappa shape index (κ2) is 16.2. The SMILES string of the molecule is CCOC(=O)[C@@]12CC1/C=C\CCCCC[C@H](NC(=O)OC1CCCC1)C(=O)N1C[C@H](Oc3cc(C(=O)OC)nc4cc(OC)ccc34)C[C@H]1C(=O)N2. The van der Waals surface area contributed by atoms with Gasteiger partial charge < -0.3 is 39.2 Å². The molecule has 3 heterocycles. The maximum Gasteiger partial charge on any atom is 0.408 e. The molecule has 1 aromatic carbocycles. The smallest absolute Gasteiger partial charge is 0.408 e. The number of hydrogen-bond acceptors (Lipinski definition) is 11. The van der Waals surface area contributed by atoms with Gasteiger partial charge in [-0.3, -0.25) is 9.59 Å². The second-order valence-electron chi connectivity index (χ2n) is 13.9. The lowest BCUT2D eigenvalue weighted by atomic mass is 10.0. The summed E-state index contributed by atoms with van der Waals surface area (Å²) in [6, 6.07) is 4.64. The third-order valence-corrected chi connectivity index (χ3v) is 10.4. The van der Waals surface area contributed by atoms with Crippen LogP contribution in [-0.4, -0.2) is 96.9 Å². The maximum atomic E-state index is 14.5. The zero-order valence-corrected chi connectivity index (χ0v) is 30.0. The highest BCUT2D eigenvalue weighted by Crippen LogP contribution is 2.46. The van der Waals surface area contributed by atoms with Crippen LogP contribution in [0.1, 0.15) is 88.0 Å². The molecule has 5 atom stereocenters. The summed E-state index contributed by atoms with van der Waals surface area (Å²) in [6.45, 7) is 1.86. The first kappa shape index (κ1) is 36.9. The van der Waals surface area contributed by atoms with Crippen LogP contribution in [0.25, 0.3) is 10.9 Å². The van der Waals surface area contributed by atoms with Gasteiger partial charge in [0.05, 0.1) is 32.9 Å². The Morgan fingerprint density at radius 2 is 1.81 bits per heavy atom. The van der Waals surface area contributed by atoms with E-state index in [0.717, 1.165) is 44.9 Å². The van der Waals surface area contributed by atoms with Crippen molar-refractivity contribution in [3.63, 3.8) is 0 Å². The number of benzene rings is 1. The average Bonchev–Trinajstić information content (AvgIpc) is 3.41. The van der Waals surface area contributed by atoms with E-state index in [9.17, 15) is 24.0 Å². The average molecular weight is 721 g/mol. The van der Waals surface area contributed by atoms with Gasteiger partial charge in [-0.25, -0.2) is 19.4 Å². The predicted octanol–water partition coefficient (Wildman–Crippen LogP) is 4.37. The van der Waals surface area contributed by atoms with E-state index in [-0.39, 0.29) is 37.3 Å². The van der Waals surface area contributed by atoms with Gasteiger partial charge in [-0.05, 0) is 70.4 Å². The Morgan fingerprint density at radius 1 is 1.02 bits per heavy atom. The standard InChI is InChI=1S/C38H48N4O10/c1-4-50-36(46)38-21-23(38)12-8-6-5-7-9-15-28(40-37(47)52-24-13-10-11-14-24)34(44)42-22-26(19-31(42)33(43)41-38)51-32-20-30(35(45)49-3)39-29-18-25(48-2)16-17-27(29)32/h8,12,16-18,20,23-24,26,28,31H,4-7,9-11,13-15,19,21-22H2,1-3H3,(H,40,47)(H,41,43)/b12-8-/t23?,26-,28+,31+,38-/m1/s1. The zero-order chi connectivity index (χ0) is 36.8. The van der Waals surface area contributed by atoms with E-state index in [1.807, 2.05) is 12.2 Å². The van der Waals surface area contributed by atoms with Crippen molar-refractivity contribution in [2.45, 2.75) is 107 Å². The molecule has 14 nitrogen and oxygen atoms in total. The van der Waals surface area contributed by atoms with E-state index in [2.05, 4.69) is 15.6 Å². The Morgan fingerprint density at radius 3 is 2.56 bits per heavy atom. The van der Waals surface area contributed by atoms with Crippen LogP contribution in [0.15, 0.2) is 36.4 Å². The molecular weight excluding hydrogens is 672 g/mol. The highest BCUT2D eigenvalue weighted by molar-refractivity contribution is 5.97. The third kappa shape index (κ3) is 8.10. The number of rotatable bonds is 8. The Balaban J connectivity index is 1.32. The highest BCUT2D eigenvalue weighted by atomic mass is 16.6. The summed E-state index contributed by atoms with van der Waals surface area (Å²) in [5.41, 5.74) is -0.807. The number of carbonyl (C=O) groups is 5. The van der Waals surface area contributed by atoms with Crippen LogP contribution < -0.4 is 20.1 Å². The van der Waals surface area contributed by atoms with Crippen molar-refractivity contribution in [2.75, 3.05) is 27.4 Å². The maximum absolute atomic E-state index is 14.5. The minimum absolute atomic E-state index is 0.00393. The van der Waals surface area contributed by atoms with Crippen LogP contribution in [0.4, 0.5) is 4.79 Å². The quantitative estimate of drug-likeness (QED) is 0.225. The molecule has 0 bridgehead atoms. The number of esters is 2. The van der Waals surface area contributed by atoms with E-state index in [4.69, 9.17) is 23.7 Å². The molecule has 1 unspecified atom stereocenters. The molecule has 3 amide bonds. The topological polar surface area (TPSA) is 172 Å². The summed E-state index contributed by atoms with van der Waals surface area (Å²) >= 11 is 0. The number of alkyl carbamates (subject to hydrolysis) is 1. The summed E-state index contributed by atoms with van der Waals surface area (Å²) in [6.07, 6.45) is 9.89. The molecule has 280 valence electrons. The fourth-order valence-corrected chi connectivity index (χ4v) is 7.52. The highest BCUT2D eigenvalue weighted by Gasteiger charge is 2.62. The predicted molar refractivity (Wildman–Crippen MR) is 188 cm³/mol. The molecule has 0 radical (unpaired) electrons. The van der Waals surface area contributed by atoms with Gasteiger partial charge in [0, 0.05) is 29.9 Å². The minimum atomic E-state index is -1.24. The van der Waals surface area contributed by atoms with E-state index >= 15 is 0 Å². The van der Waals surface area contributed by atoms with Crippen molar-refractivity contribution in [1.82, 2.24) is 20.5 Å². The second-order valence-corrected chi connectivity index (χ2v) is 13.9. The molecule has 1 saturated heterocycles. The lowest BCUT2D eigenvalue weighted by molar-refractivity contribution is -0.150. The summed E-state index contributed by atoms with van der Waals surface area (Å²) < 4.78 is 27.9. The molecule has 2 aromatic rings. The van der Waals surface area contributed by atoms with Crippen LogP contribution in [0, 0.1) is 5.92 Å². The third-order valence-electron chi connectivity index (χ3n) is 10.4. The van der Waals surface area contributed by atoms with Crippen molar-refractivity contribution >= 4 is 40.7 Å². The van der Waals surface area contributed by atoms with Crippen molar-refractivity contribution < 1.29 is 47.7 Å². The fraction of sp³-hybridized carbons (Fsp3) is 0.579. The number of nitrogens with zero attached hydrogens (tertiary/aromatic N) is 2. The molecule has 14 heteroatoms. The molecular formula is C38H48N4O10. The summed E-state index contributed by atoms with van der Waals surface area (Å²) in [5, 5.41) is 6.36. The van der Waals surface area contributed by atoms with Gasteiger partial charge in [-0.2, -0.15) is 0 Å². The van der Waals surface area contributed by atoms with E-state index < -0.39 is 53.6 Å².